The zero-order valence-corrected chi connectivity index (χ0v) is 13.3. The predicted molar refractivity (Wildman–Crippen MR) is 84.7 cm³/mol. The van der Waals surface area contributed by atoms with Crippen LogP contribution >= 0.6 is 27.5 Å². The molecule has 0 spiro atoms. The molecule has 1 N–H and O–H groups in total. The first-order valence-electron chi connectivity index (χ1n) is 6.48. The zero-order chi connectivity index (χ0) is 13.7. The normalized spacial score (nSPS) is 10.9. The lowest BCUT2D eigenvalue weighted by molar-refractivity contribution is 0.673. The van der Waals surface area contributed by atoms with E-state index in [1.54, 1.807) is 0 Å². The summed E-state index contributed by atoms with van der Waals surface area (Å²) in [4.78, 5) is 0. The van der Waals surface area contributed by atoms with Crippen LogP contribution in [0.2, 0.25) is 5.02 Å². The highest BCUT2D eigenvalue weighted by atomic mass is 79.9. The molecule has 1 aromatic heterocycles. The molecule has 0 atom stereocenters. The van der Waals surface area contributed by atoms with Crippen molar-refractivity contribution in [1.29, 1.82) is 0 Å². The second kappa shape index (κ2) is 7.13. The van der Waals surface area contributed by atoms with Crippen molar-refractivity contribution in [3.63, 3.8) is 0 Å². The summed E-state index contributed by atoms with van der Waals surface area (Å²) in [6, 6.07) is 8.16. The second-order valence-electron chi connectivity index (χ2n) is 4.60. The van der Waals surface area contributed by atoms with Gasteiger partial charge in [-0.2, -0.15) is 0 Å². The monoisotopic (exact) mass is 340 g/mol. The van der Waals surface area contributed by atoms with Crippen molar-refractivity contribution in [3.8, 4) is 0 Å². The number of halogens is 2. The van der Waals surface area contributed by atoms with Gasteiger partial charge in [0.2, 0.25) is 0 Å². The van der Waals surface area contributed by atoms with E-state index in [2.05, 4.69) is 57.3 Å². The number of aromatic nitrogens is 1. The van der Waals surface area contributed by atoms with Crippen LogP contribution in [0.3, 0.4) is 0 Å². The SMILES string of the molecule is CCCNCc1ccn(Cc2ccc(Br)cc2Cl)c1. The first kappa shape index (κ1) is 14.6. The van der Waals surface area contributed by atoms with E-state index in [-0.39, 0.29) is 0 Å². The van der Waals surface area contributed by atoms with Crippen LogP contribution in [-0.2, 0) is 13.1 Å². The van der Waals surface area contributed by atoms with Gasteiger partial charge >= 0.3 is 0 Å². The fourth-order valence-corrected chi connectivity index (χ4v) is 2.68. The Labute approximate surface area is 127 Å². The smallest absolute Gasteiger partial charge is 0.0485 e. The highest BCUT2D eigenvalue weighted by molar-refractivity contribution is 9.10. The van der Waals surface area contributed by atoms with Gasteiger partial charge in [0.15, 0.2) is 0 Å². The van der Waals surface area contributed by atoms with Gasteiger partial charge in [0, 0.05) is 35.0 Å². The van der Waals surface area contributed by atoms with E-state index in [1.807, 2.05) is 12.1 Å². The molecule has 2 nitrogen and oxygen atoms in total. The maximum atomic E-state index is 6.23. The van der Waals surface area contributed by atoms with E-state index >= 15 is 0 Å². The lowest BCUT2D eigenvalue weighted by Gasteiger charge is -2.06. The van der Waals surface area contributed by atoms with Crippen molar-refractivity contribution in [2.24, 2.45) is 0 Å². The summed E-state index contributed by atoms with van der Waals surface area (Å²) in [5.41, 5.74) is 2.44. The van der Waals surface area contributed by atoms with Crippen LogP contribution in [0.5, 0.6) is 0 Å². The number of hydrogen-bond donors (Lipinski definition) is 1. The van der Waals surface area contributed by atoms with Gasteiger partial charge < -0.3 is 9.88 Å². The molecule has 0 fully saturated rings. The fraction of sp³-hybridized carbons (Fsp3) is 0.333. The maximum absolute atomic E-state index is 6.23. The molecule has 2 rings (SSSR count). The predicted octanol–water partition coefficient (Wildman–Crippen LogP) is 4.45. The zero-order valence-electron chi connectivity index (χ0n) is 11.0. The lowest BCUT2D eigenvalue weighted by atomic mass is 10.2. The number of rotatable bonds is 6. The largest absolute Gasteiger partial charge is 0.350 e. The Balaban J connectivity index is 1.99. The van der Waals surface area contributed by atoms with Crippen LogP contribution in [0.25, 0.3) is 0 Å². The van der Waals surface area contributed by atoms with Crippen molar-refractivity contribution < 1.29 is 0 Å². The van der Waals surface area contributed by atoms with E-state index in [1.165, 1.54) is 5.56 Å². The van der Waals surface area contributed by atoms with Gasteiger partial charge in [-0.15, -0.1) is 0 Å². The van der Waals surface area contributed by atoms with Crippen LogP contribution in [0.1, 0.15) is 24.5 Å². The van der Waals surface area contributed by atoms with Gasteiger partial charge in [0.1, 0.15) is 0 Å². The lowest BCUT2D eigenvalue weighted by Crippen LogP contribution is -2.13. The Hall–Kier alpha value is -0.770. The minimum atomic E-state index is 0.800. The molecule has 102 valence electrons. The Morgan fingerprint density at radius 1 is 1.32 bits per heavy atom. The molecule has 0 aliphatic heterocycles. The summed E-state index contributed by atoms with van der Waals surface area (Å²) in [5, 5.41) is 4.20. The first-order chi connectivity index (χ1) is 9.19. The average molecular weight is 342 g/mol. The summed E-state index contributed by atoms with van der Waals surface area (Å²) in [5.74, 6) is 0. The molecule has 0 aliphatic carbocycles. The number of benzene rings is 1. The molecule has 0 aliphatic rings. The number of nitrogens with zero attached hydrogens (tertiary/aromatic N) is 1. The van der Waals surface area contributed by atoms with Gasteiger partial charge in [0.05, 0.1) is 0 Å². The van der Waals surface area contributed by atoms with Crippen LogP contribution in [0, 0.1) is 0 Å². The maximum Gasteiger partial charge on any atom is 0.0485 e. The molecular weight excluding hydrogens is 324 g/mol. The Bertz CT molecular complexity index is 537. The molecule has 0 bridgehead atoms. The minimum absolute atomic E-state index is 0.800. The van der Waals surface area contributed by atoms with Crippen molar-refractivity contribution in [3.05, 3.63) is 57.3 Å². The van der Waals surface area contributed by atoms with Crippen LogP contribution in [0.4, 0.5) is 0 Å². The van der Waals surface area contributed by atoms with Crippen molar-refractivity contribution in [2.75, 3.05) is 6.54 Å². The first-order valence-corrected chi connectivity index (χ1v) is 7.65. The highest BCUT2D eigenvalue weighted by Crippen LogP contribution is 2.22. The van der Waals surface area contributed by atoms with E-state index in [9.17, 15) is 0 Å². The van der Waals surface area contributed by atoms with Crippen molar-refractivity contribution in [2.45, 2.75) is 26.4 Å². The molecular formula is C15H18BrClN2. The quantitative estimate of drug-likeness (QED) is 0.768. The molecule has 0 unspecified atom stereocenters. The van der Waals surface area contributed by atoms with E-state index in [0.717, 1.165) is 41.1 Å². The fourth-order valence-electron chi connectivity index (χ4n) is 1.95. The van der Waals surface area contributed by atoms with Crippen LogP contribution in [-0.4, -0.2) is 11.1 Å². The van der Waals surface area contributed by atoms with Crippen molar-refractivity contribution in [1.82, 2.24) is 9.88 Å². The number of nitrogens with one attached hydrogen (secondary N) is 1. The molecule has 0 radical (unpaired) electrons. The summed E-state index contributed by atoms with van der Waals surface area (Å²) in [7, 11) is 0. The molecule has 19 heavy (non-hydrogen) atoms. The highest BCUT2D eigenvalue weighted by Gasteiger charge is 2.03. The average Bonchev–Trinajstić information content (AvgIpc) is 2.81. The molecule has 2 aromatic rings. The molecule has 1 heterocycles. The third-order valence-electron chi connectivity index (χ3n) is 2.94. The second-order valence-corrected chi connectivity index (χ2v) is 5.93. The third kappa shape index (κ3) is 4.37. The van der Waals surface area contributed by atoms with Gasteiger partial charge in [-0.05, 0) is 42.3 Å². The van der Waals surface area contributed by atoms with Gasteiger partial charge in [-0.25, -0.2) is 0 Å². The number of hydrogen-bond acceptors (Lipinski definition) is 1. The molecule has 0 saturated heterocycles. The van der Waals surface area contributed by atoms with Gasteiger partial charge in [-0.1, -0.05) is 40.5 Å². The third-order valence-corrected chi connectivity index (χ3v) is 3.78. The Morgan fingerprint density at radius 3 is 2.89 bits per heavy atom. The molecule has 1 aromatic carbocycles. The summed E-state index contributed by atoms with van der Waals surface area (Å²) in [6.07, 6.45) is 5.43. The summed E-state index contributed by atoms with van der Waals surface area (Å²) >= 11 is 9.65. The summed E-state index contributed by atoms with van der Waals surface area (Å²) < 4.78 is 3.18. The van der Waals surface area contributed by atoms with Gasteiger partial charge in [-0.3, -0.25) is 0 Å². The summed E-state index contributed by atoms with van der Waals surface area (Å²) in [6.45, 7) is 4.96. The van der Waals surface area contributed by atoms with Crippen LogP contribution < -0.4 is 5.32 Å². The van der Waals surface area contributed by atoms with Crippen LogP contribution in [0.15, 0.2) is 41.1 Å². The minimum Gasteiger partial charge on any atom is -0.350 e. The van der Waals surface area contributed by atoms with E-state index in [0.29, 0.717) is 0 Å². The molecule has 0 saturated carbocycles. The Kier molecular flexibility index (Phi) is 5.49. The Morgan fingerprint density at radius 2 is 2.16 bits per heavy atom. The van der Waals surface area contributed by atoms with E-state index < -0.39 is 0 Å². The molecule has 4 heteroatoms. The van der Waals surface area contributed by atoms with Crippen molar-refractivity contribution >= 4 is 27.5 Å². The van der Waals surface area contributed by atoms with Gasteiger partial charge in [0.25, 0.3) is 0 Å². The molecule has 0 amide bonds. The van der Waals surface area contributed by atoms with E-state index in [4.69, 9.17) is 11.6 Å². The topological polar surface area (TPSA) is 17.0 Å². The standard InChI is InChI=1S/C15H18BrClN2/c1-2-6-18-9-12-5-7-19(10-12)11-13-3-4-14(16)8-15(13)17/h3-5,7-8,10,18H,2,6,9,11H2,1H3.